The molecule has 0 atom stereocenters. The molecule has 0 aliphatic heterocycles. The molecule has 1 aromatic heterocycles. The van der Waals surface area contributed by atoms with Crippen LogP contribution in [0.2, 0.25) is 5.02 Å². The summed E-state index contributed by atoms with van der Waals surface area (Å²) in [5, 5.41) is 14.9. The number of nitro groups is 1. The van der Waals surface area contributed by atoms with E-state index in [0.29, 0.717) is 22.6 Å². The van der Waals surface area contributed by atoms with Gasteiger partial charge in [-0.2, -0.15) is 5.10 Å². The number of halogens is 2. The van der Waals surface area contributed by atoms with Gasteiger partial charge in [-0.25, -0.2) is 5.43 Å². The molecular formula is C18H11BrClN3O4. The highest BCUT2D eigenvalue weighted by Gasteiger charge is 2.15. The Balaban J connectivity index is 1.70. The van der Waals surface area contributed by atoms with Crippen LogP contribution >= 0.6 is 27.5 Å². The molecular weight excluding hydrogens is 438 g/mol. The SMILES string of the molecule is O=C(N/N=C/c1ccc(-c2ccc(Cl)c([N+](=O)[O-])c2)o1)c1ccc(Br)cc1. The second-order valence-corrected chi connectivity index (χ2v) is 6.65. The van der Waals surface area contributed by atoms with Gasteiger partial charge in [-0.3, -0.25) is 14.9 Å². The Morgan fingerprint density at radius 3 is 2.63 bits per heavy atom. The van der Waals surface area contributed by atoms with Crippen molar-refractivity contribution < 1.29 is 14.1 Å². The number of furan rings is 1. The Hall–Kier alpha value is -2.97. The highest BCUT2D eigenvalue weighted by atomic mass is 79.9. The molecule has 1 amide bonds. The summed E-state index contributed by atoms with van der Waals surface area (Å²) < 4.78 is 6.44. The molecule has 1 heterocycles. The maximum atomic E-state index is 12.0. The van der Waals surface area contributed by atoms with E-state index in [2.05, 4.69) is 26.5 Å². The topological polar surface area (TPSA) is 97.7 Å². The number of carbonyl (C=O) groups is 1. The summed E-state index contributed by atoms with van der Waals surface area (Å²) in [6.07, 6.45) is 1.34. The first kappa shape index (κ1) is 18.8. The monoisotopic (exact) mass is 447 g/mol. The fourth-order valence-electron chi connectivity index (χ4n) is 2.20. The van der Waals surface area contributed by atoms with Gasteiger partial charge in [0.05, 0.1) is 11.1 Å². The van der Waals surface area contributed by atoms with Crippen LogP contribution in [0, 0.1) is 10.1 Å². The number of nitro benzene ring substituents is 1. The van der Waals surface area contributed by atoms with Crippen molar-refractivity contribution in [1.82, 2.24) is 5.43 Å². The number of carbonyl (C=O) groups excluding carboxylic acids is 1. The minimum absolute atomic E-state index is 0.0488. The lowest BCUT2D eigenvalue weighted by atomic mass is 10.1. The van der Waals surface area contributed by atoms with Crippen LogP contribution in [-0.2, 0) is 0 Å². The van der Waals surface area contributed by atoms with Gasteiger partial charge in [0.25, 0.3) is 11.6 Å². The van der Waals surface area contributed by atoms with E-state index < -0.39 is 4.92 Å². The second kappa shape index (κ2) is 8.15. The third kappa shape index (κ3) is 4.60. The first-order valence-corrected chi connectivity index (χ1v) is 8.74. The smallest absolute Gasteiger partial charge is 0.288 e. The van der Waals surface area contributed by atoms with Gasteiger partial charge in [0.2, 0.25) is 0 Å². The number of nitrogens with one attached hydrogen (secondary N) is 1. The molecule has 3 rings (SSSR count). The molecule has 0 spiro atoms. The minimum Gasteiger partial charge on any atom is -0.455 e. The molecule has 0 aliphatic carbocycles. The molecule has 0 unspecified atom stereocenters. The van der Waals surface area contributed by atoms with Gasteiger partial charge in [0.1, 0.15) is 16.5 Å². The van der Waals surface area contributed by atoms with Crippen LogP contribution in [-0.4, -0.2) is 17.0 Å². The third-order valence-corrected chi connectivity index (χ3v) is 4.37. The van der Waals surface area contributed by atoms with E-state index in [4.69, 9.17) is 16.0 Å². The maximum absolute atomic E-state index is 12.0. The van der Waals surface area contributed by atoms with Crippen molar-refractivity contribution in [3.05, 3.63) is 85.5 Å². The van der Waals surface area contributed by atoms with Gasteiger partial charge in [-0.15, -0.1) is 0 Å². The van der Waals surface area contributed by atoms with Crippen molar-refractivity contribution in [1.29, 1.82) is 0 Å². The van der Waals surface area contributed by atoms with Crippen molar-refractivity contribution in [3.8, 4) is 11.3 Å². The van der Waals surface area contributed by atoms with E-state index in [-0.39, 0.29) is 16.6 Å². The van der Waals surface area contributed by atoms with Crippen LogP contribution < -0.4 is 5.43 Å². The third-order valence-electron chi connectivity index (χ3n) is 3.52. The van der Waals surface area contributed by atoms with Crippen LogP contribution in [0.5, 0.6) is 0 Å². The molecule has 136 valence electrons. The number of hydrogen-bond acceptors (Lipinski definition) is 5. The summed E-state index contributed by atoms with van der Waals surface area (Å²) in [6, 6.07) is 14.5. The average Bonchev–Trinajstić information content (AvgIpc) is 3.11. The van der Waals surface area contributed by atoms with Crippen molar-refractivity contribution >= 4 is 45.3 Å². The number of nitrogens with zero attached hydrogens (tertiary/aromatic N) is 2. The maximum Gasteiger partial charge on any atom is 0.288 e. The fourth-order valence-corrected chi connectivity index (χ4v) is 2.65. The number of benzene rings is 2. The van der Waals surface area contributed by atoms with Crippen LogP contribution in [0.1, 0.15) is 16.1 Å². The zero-order chi connectivity index (χ0) is 19.4. The Labute approximate surface area is 166 Å². The molecule has 7 nitrogen and oxygen atoms in total. The highest BCUT2D eigenvalue weighted by Crippen LogP contribution is 2.31. The van der Waals surface area contributed by atoms with Crippen LogP contribution in [0.4, 0.5) is 5.69 Å². The zero-order valence-electron chi connectivity index (χ0n) is 13.6. The van der Waals surface area contributed by atoms with Crippen molar-refractivity contribution in [2.45, 2.75) is 0 Å². The Kier molecular flexibility index (Phi) is 5.68. The minimum atomic E-state index is -0.561. The summed E-state index contributed by atoms with van der Waals surface area (Å²) >= 11 is 9.10. The molecule has 9 heteroatoms. The van der Waals surface area contributed by atoms with Crippen molar-refractivity contribution in [2.24, 2.45) is 5.10 Å². The van der Waals surface area contributed by atoms with Gasteiger partial charge in [0, 0.05) is 21.7 Å². The number of rotatable bonds is 5. The van der Waals surface area contributed by atoms with Gasteiger partial charge in [0.15, 0.2) is 0 Å². The van der Waals surface area contributed by atoms with Crippen LogP contribution in [0.25, 0.3) is 11.3 Å². The van der Waals surface area contributed by atoms with Gasteiger partial charge >= 0.3 is 0 Å². The summed E-state index contributed by atoms with van der Waals surface area (Å²) in [5.41, 5.74) is 3.16. The van der Waals surface area contributed by atoms with E-state index in [1.54, 1.807) is 42.5 Å². The predicted octanol–water partition coefficient (Wildman–Crippen LogP) is 5.03. The molecule has 0 radical (unpaired) electrons. The summed E-state index contributed by atoms with van der Waals surface area (Å²) in [4.78, 5) is 22.4. The van der Waals surface area contributed by atoms with Gasteiger partial charge in [-0.1, -0.05) is 27.5 Å². The second-order valence-electron chi connectivity index (χ2n) is 5.33. The summed E-state index contributed by atoms with van der Waals surface area (Å²) in [7, 11) is 0. The molecule has 0 fully saturated rings. The normalized spacial score (nSPS) is 10.9. The van der Waals surface area contributed by atoms with E-state index in [1.165, 1.54) is 18.3 Å². The largest absolute Gasteiger partial charge is 0.455 e. The van der Waals surface area contributed by atoms with E-state index >= 15 is 0 Å². The molecule has 27 heavy (non-hydrogen) atoms. The number of hydrogen-bond donors (Lipinski definition) is 1. The highest BCUT2D eigenvalue weighted by molar-refractivity contribution is 9.10. The Bertz CT molecular complexity index is 1030. The summed E-state index contributed by atoms with van der Waals surface area (Å²) in [5.74, 6) is 0.424. The van der Waals surface area contributed by atoms with Crippen molar-refractivity contribution in [2.75, 3.05) is 0 Å². The standard InChI is InChI=1S/C18H11BrClN3O4/c19-13-4-1-11(2-5-13)18(24)22-21-10-14-6-8-17(27-14)12-3-7-15(20)16(9-12)23(25)26/h1-10H,(H,22,24)/b21-10+. The molecule has 0 aliphatic rings. The first-order chi connectivity index (χ1) is 12.9. The lowest BCUT2D eigenvalue weighted by Gasteiger charge is -2.00. The lowest BCUT2D eigenvalue weighted by molar-refractivity contribution is -0.384. The Morgan fingerprint density at radius 2 is 1.93 bits per heavy atom. The number of hydrazone groups is 1. The van der Waals surface area contributed by atoms with E-state index in [0.717, 1.165) is 4.47 Å². The van der Waals surface area contributed by atoms with Crippen molar-refractivity contribution in [3.63, 3.8) is 0 Å². The zero-order valence-corrected chi connectivity index (χ0v) is 15.9. The molecule has 0 saturated heterocycles. The Morgan fingerprint density at radius 1 is 1.19 bits per heavy atom. The quantitative estimate of drug-likeness (QED) is 0.336. The average molecular weight is 449 g/mol. The van der Waals surface area contributed by atoms with Gasteiger partial charge in [-0.05, 0) is 48.5 Å². The number of amides is 1. The van der Waals surface area contributed by atoms with Gasteiger partial charge < -0.3 is 4.42 Å². The predicted molar refractivity (Wildman–Crippen MR) is 105 cm³/mol. The molecule has 0 saturated carbocycles. The van der Waals surface area contributed by atoms with Crippen LogP contribution in [0.3, 0.4) is 0 Å². The van der Waals surface area contributed by atoms with E-state index in [9.17, 15) is 14.9 Å². The molecule has 3 aromatic rings. The first-order valence-electron chi connectivity index (χ1n) is 7.57. The van der Waals surface area contributed by atoms with Crippen LogP contribution in [0.15, 0.2) is 68.6 Å². The fraction of sp³-hybridized carbons (Fsp3) is 0. The lowest BCUT2D eigenvalue weighted by Crippen LogP contribution is -2.17. The van der Waals surface area contributed by atoms with E-state index in [1.807, 2.05) is 0 Å². The molecule has 0 bridgehead atoms. The summed E-state index contributed by atoms with van der Waals surface area (Å²) in [6.45, 7) is 0. The molecule has 1 N–H and O–H groups in total. The molecule has 2 aromatic carbocycles.